The molecule has 1 N–H and O–H groups in total. The number of nitrogens with one attached hydrogen (secondary N) is 1. The van der Waals surface area contributed by atoms with Gasteiger partial charge in [-0.05, 0) is 30.7 Å². The maximum absolute atomic E-state index is 12.9. The summed E-state index contributed by atoms with van der Waals surface area (Å²) in [5, 5.41) is 7.24. The van der Waals surface area contributed by atoms with Gasteiger partial charge in [0.25, 0.3) is 0 Å². The Morgan fingerprint density at radius 3 is 3.00 bits per heavy atom. The van der Waals surface area contributed by atoms with Crippen molar-refractivity contribution in [2.75, 3.05) is 16.8 Å². The lowest BCUT2D eigenvalue weighted by molar-refractivity contribution is 0.257. The Bertz CT molecular complexity index is 997. The monoisotopic (exact) mass is 375 g/mol. The first kappa shape index (κ1) is 17.8. The highest BCUT2D eigenvalue weighted by Gasteiger charge is 2.23. The molecule has 0 aliphatic carbocycles. The van der Waals surface area contributed by atoms with Crippen LogP contribution in [0, 0.1) is 0 Å². The van der Waals surface area contributed by atoms with Crippen LogP contribution >= 0.6 is 0 Å². The fraction of sp³-hybridized carbons (Fsp3) is 0.250. The minimum absolute atomic E-state index is 0.258. The number of pyridine rings is 2. The molecule has 0 radical (unpaired) electrons. The number of urea groups is 1. The second-order valence-electron chi connectivity index (χ2n) is 6.46. The third kappa shape index (κ3) is 3.75. The topological polar surface area (TPSA) is 88.3 Å². The summed E-state index contributed by atoms with van der Waals surface area (Å²) in [6.45, 7) is 3.46. The highest BCUT2D eigenvalue weighted by atomic mass is 16.2. The van der Waals surface area contributed by atoms with E-state index < -0.39 is 0 Å². The molecular weight excluding hydrogens is 354 g/mol. The van der Waals surface area contributed by atoms with Crippen molar-refractivity contribution in [3.63, 3.8) is 0 Å². The van der Waals surface area contributed by atoms with Crippen molar-refractivity contribution in [3.05, 3.63) is 49.1 Å². The Morgan fingerprint density at radius 1 is 1.25 bits per heavy atom. The summed E-state index contributed by atoms with van der Waals surface area (Å²) in [7, 11) is 0. The van der Waals surface area contributed by atoms with Gasteiger partial charge in [0, 0.05) is 43.7 Å². The van der Waals surface area contributed by atoms with Gasteiger partial charge in [-0.3, -0.25) is 19.6 Å². The number of anilines is 2. The van der Waals surface area contributed by atoms with E-state index in [2.05, 4.69) is 27.3 Å². The number of rotatable bonds is 4. The van der Waals surface area contributed by atoms with E-state index in [1.807, 2.05) is 29.2 Å². The molecule has 0 fully saturated rings. The molecule has 0 unspecified atom stereocenters. The largest absolute Gasteiger partial charge is 0.327 e. The van der Waals surface area contributed by atoms with Crippen LogP contribution in [0.4, 0.5) is 22.0 Å². The van der Waals surface area contributed by atoms with E-state index >= 15 is 0 Å². The number of aliphatic imine (C=N–C) groups is 1. The number of amides is 2. The standard InChI is InChI=1S/C20H21N7O/c1-2-10-26-14-15(12-23-26)17-6-7-18-19(25-17)27(11-4-9-22-18)20(28)24-16-5-3-8-21-13-16/h3,5-9,12-14H,2,4,10-11H2,1H3,(H,24,28). The molecule has 28 heavy (non-hydrogen) atoms. The first-order chi connectivity index (χ1) is 13.7. The predicted molar refractivity (Wildman–Crippen MR) is 109 cm³/mol. The number of nitrogens with zero attached hydrogens (tertiary/aromatic N) is 6. The maximum atomic E-state index is 12.9. The van der Waals surface area contributed by atoms with Gasteiger partial charge in [-0.2, -0.15) is 5.10 Å². The van der Waals surface area contributed by atoms with Gasteiger partial charge in [-0.1, -0.05) is 6.92 Å². The Morgan fingerprint density at radius 2 is 2.18 bits per heavy atom. The van der Waals surface area contributed by atoms with Crippen LogP contribution in [0.25, 0.3) is 11.3 Å². The highest BCUT2D eigenvalue weighted by molar-refractivity contribution is 6.03. The summed E-state index contributed by atoms with van der Waals surface area (Å²) in [6, 6.07) is 7.12. The maximum Gasteiger partial charge on any atom is 0.327 e. The Labute approximate surface area is 163 Å². The molecule has 8 nitrogen and oxygen atoms in total. The van der Waals surface area contributed by atoms with E-state index in [9.17, 15) is 4.79 Å². The van der Waals surface area contributed by atoms with E-state index in [0.717, 1.165) is 24.2 Å². The smallest absolute Gasteiger partial charge is 0.306 e. The van der Waals surface area contributed by atoms with Gasteiger partial charge in [-0.25, -0.2) is 9.78 Å². The average Bonchev–Trinajstić information content (AvgIpc) is 3.07. The lowest BCUT2D eigenvalue weighted by Crippen LogP contribution is -2.36. The zero-order valence-corrected chi connectivity index (χ0v) is 15.6. The van der Waals surface area contributed by atoms with Crippen LogP contribution in [0.5, 0.6) is 0 Å². The van der Waals surface area contributed by atoms with E-state index in [4.69, 9.17) is 4.98 Å². The fourth-order valence-corrected chi connectivity index (χ4v) is 3.03. The number of hydrogen-bond acceptors (Lipinski definition) is 5. The van der Waals surface area contributed by atoms with Crippen molar-refractivity contribution in [3.8, 4) is 11.3 Å². The molecule has 0 saturated heterocycles. The van der Waals surface area contributed by atoms with Crippen LogP contribution < -0.4 is 10.2 Å². The minimum atomic E-state index is -0.258. The van der Waals surface area contributed by atoms with Crippen LogP contribution in [0.15, 0.2) is 54.0 Å². The highest BCUT2D eigenvalue weighted by Crippen LogP contribution is 2.32. The first-order valence-electron chi connectivity index (χ1n) is 9.29. The number of fused-ring (bicyclic) bond motifs is 1. The van der Waals surface area contributed by atoms with E-state index in [1.165, 1.54) is 0 Å². The number of carbonyl (C=O) groups is 1. The molecule has 1 aliphatic rings. The Kier molecular flexibility index (Phi) is 5.09. The van der Waals surface area contributed by atoms with Gasteiger partial charge in [0.1, 0.15) is 5.69 Å². The van der Waals surface area contributed by atoms with Crippen molar-refractivity contribution in [1.29, 1.82) is 0 Å². The molecule has 4 heterocycles. The molecule has 0 spiro atoms. The van der Waals surface area contributed by atoms with Crippen LogP contribution in [0.3, 0.4) is 0 Å². The van der Waals surface area contributed by atoms with Crippen LogP contribution in [0.2, 0.25) is 0 Å². The lowest BCUT2D eigenvalue weighted by atomic mass is 10.2. The second kappa shape index (κ2) is 7.99. The van der Waals surface area contributed by atoms with Gasteiger partial charge in [0.05, 0.1) is 23.8 Å². The third-order valence-electron chi connectivity index (χ3n) is 4.36. The van der Waals surface area contributed by atoms with Gasteiger partial charge in [0.2, 0.25) is 0 Å². The van der Waals surface area contributed by atoms with Gasteiger partial charge in [0.15, 0.2) is 5.82 Å². The Hall–Kier alpha value is -3.55. The second-order valence-corrected chi connectivity index (χ2v) is 6.46. The van der Waals surface area contributed by atoms with Crippen molar-refractivity contribution >= 4 is 29.4 Å². The summed E-state index contributed by atoms with van der Waals surface area (Å²) in [5.74, 6) is 0.538. The van der Waals surface area contributed by atoms with Gasteiger partial charge >= 0.3 is 6.03 Å². The molecule has 0 bridgehead atoms. The molecule has 1 aliphatic heterocycles. The van der Waals surface area contributed by atoms with Gasteiger partial charge < -0.3 is 5.32 Å². The van der Waals surface area contributed by atoms with Crippen molar-refractivity contribution < 1.29 is 4.79 Å². The molecule has 0 atom stereocenters. The van der Waals surface area contributed by atoms with E-state index in [1.54, 1.807) is 35.6 Å². The molecule has 142 valence electrons. The van der Waals surface area contributed by atoms with E-state index in [0.29, 0.717) is 30.2 Å². The number of aryl methyl sites for hydroxylation is 1. The first-order valence-corrected chi connectivity index (χ1v) is 9.29. The van der Waals surface area contributed by atoms with Crippen LogP contribution in [0.1, 0.15) is 19.8 Å². The minimum Gasteiger partial charge on any atom is -0.306 e. The third-order valence-corrected chi connectivity index (χ3v) is 4.36. The zero-order chi connectivity index (χ0) is 19.3. The summed E-state index contributed by atoms with van der Waals surface area (Å²) in [6.07, 6.45) is 10.5. The summed E-state index contributed by atoms with van der Waals surface area (Å²) < 4.78 is 1.90. The average molecular weight is 375 g/mol. The lowest BCUT2D eigenvalue weighted by Gasteiger charge is -2.22. The van der Waals surface area contributed by atoms with Gasteiger partial charge in [-0.15, -0.1) is 0 Å². The molecular formula is C20H21N7O. The normalized spacial score (nSPS) is 13.1. The molecule has 2 amide bonds. The van der Waals surface area contributed by atoms with Crippen molar-refractivity contribution in [1.82, 2.24) is 19.7 Å². The fourth-order valence-electron chi connectivity index (χ4n) is 3.03. The molecule has 0 saturated carbocycles. The van der Waals surface area contributed by atoms with E-state index in [-0.39, 0.29) is 6.03 Å². The summed E-state index contributed by atoms with van der Waals surface area (Å²) >= 11 is 0. The summed E-state index contributed by atoms with van der Waals surface area (Å²) in [5.41, 5.74) is 2.98. The zero-order valence-electron chi connectivity index (χ0n) is 15.6. The molecule has 8 heteroatoms. The van der Waals surface area contributed by atoms with Crippen LogP contribution in [-0.4, -0.2) is 38.5 Å². The van der Waals surface area contributed by atoms with Crippen LogP contribution in [-0.2, 0) is 6.54 Å². The quantitative estimate of drug-likeness (QED) is 0.749. The van der Waals surface area contributed by atoms with Crippen molar-refractivity contribution in [2.24, 2.45) is 4.99 Å². The number of aromatic nitrogens is 4. The molecule has 3 aromatic heterocycles. The molecule has 4 rings (SSSR count). The predicted octanol–water partition coefficient (Wildman–Crippen LogP) is 3.89. The Balaban J connectivity index is 1.65. The molecule has 3 aromatic rings. The number of carbonyl (C=O) groups excluding carboxylic acids is 1. The van der Waals surface area contributed by atoms with Crippen molar-refractivity contribution in [2.45, 2.75) is 26.3 Å². The summed E-state index contributed by atoms with van der Waals surface area (Å²) in [4.78, 5) is 27.7. The molecule has 0 aromatic carbocycles. The number of hydrogen-bond donors (Lipinski definition) is 1. The SMILES string of the molecule is CCCn1cc(-c2ccc3c(n2)N(C(=O)Nc2cccnc2)CCC=N3)cn1.